The second-order valence-corrected chi connectivity index (χ2v) is 6.17. The molecule has 1 heterocycles. The van der Waals surface area contributed by atoms with Gasteiger partial charge in [-0.15, -0.1) is 0 Å². The number of hydrogen-bond acceptors (Lipinski definition) is 2. The molecule has 1 aliphatic rings. The Morgan fingerprint density at radius 3 is 2.00 bits per heavy atom. The molecule has 1 N–H and O–H groups in total. The van der Waals surface area contributed by atoms with Crippen LogP contribution >= 0.6 is 0 Å². The zero-order valence-corrected chi connectivity index (χ0v) is 13.0. The van der Waals surface area contributed by atoms with E-state index in [9.17, 15) is 0 Å². The number of rotatable bonds is 3. The molecule has 0 saturated carbocycles. The summed E-state index contributed by atoms with van der Waals surface area (Å²) in [4.78, 5) is 0. The van der Waals surface area contributed by atoms with Crippen LogP contribution in [0.25, 0.3) is 0 Å². The van der Waals surface area contributed by atoms with Crippen molar-refractivity contribution in [1.82, 2.24) is 5.32 Å². The van der Waals surface area contributed by atoms with E-state index in [-0.39, 0.29) is 0 Å². The van der Waals surface area contributed by atoms with Gasteiger partial charge in [-0.3, -0.25) is 0 Å². The van der Waals surface area contributed by atoms with Crippen molar-refractivity contribution in [3.05, 3.63) is 34.9 Å². The maximum absolute atomic E-state index is 6.01. The van der Waals surface area contributed by atoms with E-state index in [1.54, 1.807) is 0 Å². The fourth-order valence-corrected chi connectivity index (χ4v) is 3.64. The smallest absolute Gasteiger partial charge is 0.0600 e. The highest BCUT2D eigenvalue weighted by Crippen LogP contribution is 2.40. The topological polar surface area (TPSA) is 21.3 Å². The maximum atomic E-state index is 6.01. The second kappa shape index (κ2) is 5.64. The summed E-state index contributed by atoms with van der Waals surface area (Å²) in [7, 11) is 2.06. The summed E-state index contributed by atoms with van der Waals surface area (Å²) in [5.74, 6) is 1.11. The molecule has 1 fully saturated rings. The fraction of sp³-hybridized carbons (Fsp3) is 0.647. The third-order valence-corrected chi connectivity index (χ3v) is 4.62. The van der Waals surface area contributed by atoms with Gasteiger partial charge in [-0.1, -0.05) is 36.2 Å². The summed E-state index contributed by atoms with van der Waals surface area (Å²) in [6.07, 6.45) is 0.657. The molecule has 1 saturated heterocycles. The quantitative estimate of drug-likeness (QED) is 0.897. The number of hydrogen-bond donors (Lipinski definition) is 1. The van der Waals surface area contributed by atoms with E-state index >= 15 is 0 Å². The van der Waals surface area contributed by atoms with Crippen molar-refractivity contribution in [2.75, 3.05) is 7.05 Å². The predicted molar refractivity (Wildman–Crippen MR) is 80.4 cm³/mol. The lowest BCUT2D eigenvalue weighted by Crippen LogP contribution is -2.33. The largest absolute Gasteiger partial charge is 0.375 e. The van der Waals surface area contributed by atoms with Gasteiger partial charge < -0.3 is 10.1 Å². The Hall–Kier alpha value is -0.860. The number of aryl methyl sites for hydroxylation is 2. The van der Waals surface area contributed by atoms with Crippen LogP contribution in [-0.4, -0.2) is 19.3 Å². The lowest BCUT2D eigenvalue weighted by Gasteiger charge is -2.29. The SMILES string of the molecule is CNC(c1cc(C)cc(C)c1)C1C(C)OC(C)C1C. The van der Waals surface area contributed by atoms with Crippen molar-refractivity contribution in [2.24, 2.45) is 11.8 Å². The molecule has 0 amide bonds. The van der Waals surface area contributed by atoms with Gasteiger partial charge in [0, 0.05) is 12.0 Å². The van der Waals surface area contributed by atoms with Gasteiger partial charge in [-0.25, -0.2) is 0 Å². The summed E-state index contributed by atoms with van der Waals surface area (Å²) < 4.78 is 6.01. The minimum absolute atomic E-state index is 0.309. The van der Waals surface area contributed by atoms with Gasteiger partial charge in [-0.2, -0.15) is 0 Å². The van der Waals surface area contributed by atoms with E-state index in [2.05, 4.69) is 65.2 Å². The van der Waals surface area contributed by atoms with E-state index in [4.69, 9.17) is 4.74 Å². The lowest BCUT2D eigenvalue weighted by atomic mass is 9.80. The Labute approximate surface area is 117 Å². The Bertz CT molecular complexity index is 423. The second-order valence-electron chi connectivity index (χ2n) is 6.17. The van der Waals surface area contributed by atoms with Gasteiger partial charge in [-0.05, 0) is 46.2 Å². The zero-order chi connectivity index (χ0) is 14.2. The first-order valence-corrected chi connectivity index (χ1v) is 7.35. The van der Waals surface area contributed by atoms with Gasteiger partial charge >= 0.3 is 0 Å². The van der Waals surface area contributed by atoms with Crippen LogP contribution in [0, 0.1) is 25.7 Å². The average molecular weight is 261 g/mol. The summed E-state index contributed by atoms with van der Waals surface area (Å²) in [5, 5.41) is 3.52. The van der Waals surface area contributed by atoms with Crippen molar-refractivity contribution in [2.45, 2.75) is 52.9 Å². The molecule has 0 radical (unpaired) electrons. The molecule has 0 aromatic heterocycles. The van der Waals surface area contributed by atoms with Crippen LogP contribution in [0.3, 0.4) is 0 Å². The van der Waals surface area contributed by atoms with Crippen molar-refractivity contribution < 1.29 is 4.74 Å². The summed E-state index contributed by atoms with van der Waals surface area (Å²) in [5.41, 5.74) is 4.06. The number of nitrogens with one attached hydrogen (secondary N) is 1. The Kier molecular flexibility index (Phi) is 4.32. The van der Waals surface area contributed by atoms with E-state index in [1.807, 2.05) is 0 Å². The van der Waals surface area contributed by atoms with Crippen LogP contribution in [0.4, 0.5) is 0 Å². The first-order chi connectivity index (χ1) is 8.93. The molecule has 5 atom stereocenters. The summed E-state index contributed by atoms with van der Waals surface area (Å²) >= 11 is 0. The van der Waals surface area contributed by atoms with Gasteiger partial charge in [0.25, 0.3) is 0 Å². The minimum Gasteiger partial charge on any atom is -0.375 e. The first-order valence-electron chi connectivity index (χ1n) is 7.35. The normalized spacial score (nSPS) is 32.5. The first kappa shape index (κ1) is 14.5. The van der Waals surface area contributed by atoms with Crippen LogP contribution in [0.1, 0.15) is 43.5 Å². The maximum Gasteiger partial charge on any atom is 0.0600 e. The van der Waals surface area contributed by atoms with E-state index in [0.29, 0.717) is 30.1 Å². The highest BCUT2D eigenvalue weighted by atomic mass is 16.5. The molecule has 5 unspecified atom stereocenters. The molecule has 0 aliphatic carbocycles. The molecule has 0 spiro atoms. The van der Waals surface area contributed by atoms with Crippen molar-refractivity contribution in [3.63, 3.8) is 0 Å². The molecule has 2 rings (SSSR count). The molecular weight excluding hydrogens is 234 g/mol. The molecule has 2 nitrogen and oxygen atoms in total. The van der Waals surface area contributed by atoms with Crippen LogP contribution < -0.4 is 5.32 Å². The molecule has 106 valence electrons. The lowest BCUT2D eigenvalue weighted by molar-refractivity contribution is 0.0478. The summed E-state index contributed by atoms with van der Waals surface area (Å²) in [6.45, 7) is 11.0. The Morgan fingerprint density at radius 1 is 1.00 bits per heavy atom. The van der Waals surface area contributed by atoms with Crippen LogP contribution in [0.2, 0.25) is 0 Å². The zero-order valence-electron chi connectivity index (χ0n) is 13.0. The minimum atomic E-state index is 0.309. The highest BCUT2D eigenvalue weighted by Gasteiger charge is 2.41. The molecule has 1 aliphatic heterocycles. The predicted octanol–water partition coefficient (Wildman–Crippen LogP) is 3.62. The third-order valence-electron chi connectivity index (χ3n) is 4.62. The molecule has 19 heavy (non-hydrogen) atoms. The van der Waals surface area contributed by atoms with Crippen LogP contribution in [0.5, 0.6) is 0 Å². The van der Waals surface area contributed by atoms with Crippen LogP contribution in [-0.2, 0) is 4.74 Å². The highest BCUT2D eigenvalue weighted by molar-refractivity contribution is 5.31. The standard InChI is InChI=1S/C17H27NO/c1-10-7-11(2)9-15(8-10)17(18-6)16-12(3)13(4)19-14(16)5/h7-9,12-14,16-18H,1-6H3. The van der Waals surface area contributed by atoms with Gasteiger partial charge in [0.1, 0.15) is 0 Å². The van der Waals surface area contributed by atoms with Crippen molar-refractivity contribution >= 4 is 0 Å². The van der Waals surface area contributed by atoms with E-state index < -0.39 is 0 Å². The summed E-state index contributed by atoms with van der Waals surface area (Å²) in [6, 6.07) is 7.21. The Balaban J connectivity index is 2.34. The van der Waals surface area contributed by atoms with Crippen LogP contribution in [0.15, 0.2) is 18.2 Å². The molecule has 0 bridgehead atoms. The number of ether oxygens (including phenoxy) is 1. The van der Waals surface area contributed by atoms with E-state index in [0.717, 1.165) is 0 Å². The van der Waals surface area contributed by atoms with Gasteiger partial charge in [0.2, 0.25) is 0 Å². The Morgan fingerprint density at radius 2 is 1.58 bits per heavy atom. The van der Waals surface area contributed by atoms with Gasteiger partial charge in [0.05, 0.1) is 12.2 Å². The molecule has 1 aromatic rings. The van der Waals surface area contributed by atoms with Crippen molar-refractivity contribution in [3.8, 4) is 0 Å². The fourth-order valence-electron chi connectivity index (χ4n) is 3.64. The van der Waals surface area contributed by atoms with E-state index in [1.165, 1.54) is 16.7 Å². The molecule has 2 heteroatoms. The molecular formula is C17H27NO. The van der Waals surface area contributed by atoms with Crippen molar-refractivity contribution in [1.29, 1.82) is 0 Å². The van der Waals surface area contributed by atoms with Gasteiger partial charge in [0.15, 0.2) is 0 Å². The molecule has 1 aromatic carbocycles. The monoisotopic (exact) mass is 261 g/mol. The number of benzene rings is 1. The third kappa shape index (κ3) is 2.85. The average Bonchev–Trinajstić information content (AvgIpc) is 2.56.